The van der Waals surface area contributed by atoms with Crippen molar-refractivity contribution in [3.63, 3.8) is 0 Å². The molecule has 0 saturated heterocycles. The number of aromatic nitrogens is 1. The third kappa shape index (κ3) is 4.34. The van der Waals surface area contributed by atoms with Crippen molar-refractivity contribution in [3.05, 3.63) is 56.0 Å². The van der Waals surface area contributed by atoms with Gasteiger partial charge in [-0.1, -0.05) is 29.0 Å². The molecule has 0 bridgehead atoms. The van der Waals surface area contributed by atoms with E-state index in [4.69, 9.17) is 17.3 Å². The van der Waals surface area contributed by atoms with Crippen molar-refractivity contribution in [3.8, 4) is 0 Å². The lowest BCUT2D eigenvalue weighted by Gasteiger charge is -1.98. The molecule has 10 heteroatoms. The molecule has 0 saturated carbocycles. The largest absolute Gasteiger partial charge is 0.365 e. The highest BCUT2D eigenvalue weighted by atomic mass is 35.5. The van der Waals surface area contributed by atoms with Gasteiger partial charge in [0.1, 0.15) is 9.90 Å². The maximum absolute atomic E-state index is 11.7. The number of rotatable bonds is 5. The van der Waals surface area contributed by atoms with Crippen molar-refractivity contribution >= 4 is 51.6 Å². The predicted molar refractivity (Wildman–Crippen MR) is 86.4 cm³/mol. The van der Waals surface area contributed by atoms with E-state index in [0.717, 1.165) is 11.3 Å². The van der Waals surface area contributed by atoms with Crippen LogP contribution in [0.4, 0.5) is 10.8 Å². The Morgan fingerprint density at radius 1 is 1.43 bits per heavy atom. The molecule has 0 unspecified atom stereocenters. The van der Waals surface area contributed by atoms with Crippen molar-refractivity contribution in [2.24, 2.45) is 5.73 Å². The zero-order valence-corrected chi connectivity index (χ0v) is 12.9. The molecule has 1 aromatic heterocycles. The van der Waals surface area contributed by atoms with Crippen LogP contribution in [0.5, 0.6) is 0 Å². The van der Waals surface area contributed by atoms with Gasteiger partial charge in [0.05, 0.1) is 11.1 Å². The van der Waals surface area contributed by atoms with E-state index < -0.39 is 16.7 Å². The number of nitrogens with two attached hydrogens (primary N) is 1. The molecule has 0 radical (unpaired) electrons. The summed E-state index contributed by atoms with van der Waals surface area (Å²) < 4.78 is 0. The summed E-state index contributed by atoms with van der Waals surface area (Å²) in [7, 11) is 0. The molecule has 8 nitrogen and oxygen atoms in total. The number of hydrogen-bond acceptors (Lipinski definition) is 6. The Bertz CT molecular complexity index is 818. The van der Waals surface area contributed by atoms with E-state index in [0.29, 0.717) is 5.56 Å². The average Bonchev–Trinajstić information content (AvgIpc) is 2.94. The van der Waals surface area contributed by atoms with E-state index in [9.17, 15) is 19.7 Å². The van der Waals surface area contributed by atoms with Gasteiger partial charge in [-0.3, -0.25) is 25.0 Å². The molecule has 3 N–H and O–H groups in total. The van der Waals surface area contributed by atoms with Gasteiger partial charge in [-0.15, -0.1) is 0 Å². The van der Waals surface area contributed by atoms with Gasteiger partial charge in [0, 0.05) is 12.1 Å². The van der Waals surface area contributed by atoms with Crippen LogP contribution in [-0.2, 0) is 4.79 Å². The fraction of sp³-hybridized carbons (Fsp3) is 0. The summed E-state index contributed by atoms with van der Waals surface area (Å²) in [5.74, 6) is -1.14. The summed E-state index contributed by atoms with van der Waals surface area (Å²) in [6.07, 6.45) is 3.83. The van der Waals surface area contributed by atoms with Gasteiger partial charge in [-0.25, -0.2) is 4.98 Å². The second-order valence-electron chi connectivity index (χ2n) is 4.18. The quantitative estimate of drug-likeness (QED) is 0.485. The fourth-order valence-electron chi connectivity index (χ4n) is 1.54. The molecule has 0 atom stereocenters. The van der Waals surface area contributed by atoms with Crippen LogP contribution < -0.4 is 11.1 Å². The number of hydrogen-bond donors (Lipinski definition) is 2. The number of halogens is 1. The number of primary amides is 1. The molecule has 1 aromatic carbocycles. The van der Waals surface area contributed by atoms with Gasteiger partial charge in [0.2, 0.25) is 5.91 Å². The lowest BCUT2D eigenvalue weighted by Crippen LogP contribution is -2.08. The summed E-state index contributed by atoms with van der Waals surface area (Å²) in [6.45, 7) is 0. The van der Waals surface area contributed by atoms with Crippen LogP contribution >= 0.6 is 22.9 Å². The van der Waals surface area contributed by atoms with E-state index in [1.54, 1.807) is 0 Å². The van der Waals surface area contributed by atoms with E-state index in [-0.39, 0.29) is 20.7 Å². The third-order valence-corrected chi connectivity index (χ3v) is 3.82. The minimum absolute atomic E-state index is 0.0124. The van der Waals surface area contributed by atoms with Crippen LogP contribution in [0.1, 0.15) is 15.2 Å². The number of carbonyl (C=O) groups excluding carboxylic acids is 2. The number of nitrogens with one attached hydrogen (secondary N) is 1. The van der Waals surface area contributed by atoms with Crippen molar-refractivity contribution < 1.29 is 14.5 Å². The zero-order valence-electron chi connectivity index (χ0n) is 11.4. The summed E-state index contributed by atoms with van der Waals surface area (Å²) in [5.41, 5.74) is 5.27. The molecule has 118 valence electrons. The highest BCUT2D eigenvalue weighted by Crippen LogP contribution is 2.25. The van der Waals surface area contributed by atoms with Gasteiger partial charge >= 0.3 is 0 Å². The molecule has 2 rings (SSSR count). The highest BCUT2D eigenvalue weighted by Gasteiger charge is 2.12. The second-order valence-corrected chi connectivity index (χ2v) is 5.62. The number of benzene rings is 1. The summed E-state index contributed by atoms with van der Waals surface area (Å²) in [6, 6.07) is 4.16. The molecule has 0 aliphatic carbocycles. The minimum Gasteiger partial charge on any atom is -0.365 e. The number of nitro benzene ring substituents is 1. The Labute approximate surface area is 138 Å². The number of nitro groups is 1. The lowest BCUT2D eigenvalue weighted by atomic mass is 10.2. The van der Waals surface area contributed by atoms with E-state index in [1.165, 1.54) is 36.5 Å². The van der Waals surface area contributed by atoms with Crippen LogP contribution in [-0.4, -0.2) is 21.7 Å². The maximum atomic E-state index is 11.7. The van der Waals surface area contributed by atoms with Crippen LogP contribution in [0.25, 0.3) is 6.08 Å². The predicted octanol–water partition coefficient (Wildman–Crippen LogP) is 2.46. The summed E-state index contributed by atoms with van der Waals surface area (Å²) in [4.78, 5) is 36.9. The summed E-state index contributed by atoms with van der Waals surface area (Å²) >= 11 is 6.64. The van der Waals surface area contributed by atoms with Crippen LogP contribution in [0, 0.1) is 10.1 Å². The molecule has 2 aromatic rings. The molecule has 0 aliphatic heterocycles. The first kappa shape index (κ1) is 16.6. The Balaban J connectivity index is 2.07. The smallest absolute Gasteiger partial charge is 0.288 e. The topological polar surface area (TPSA) is 128 Å². The second kappa shape index (κ2) is 6.99. The van der Waals surface area contributed by atoms with Gasteiger partial charge in [0.15, 0.2) is 5.13 Å². The molecule has 23 heavy (non-hydrogen) atoms. The number of carbonyl (C=O) groups is 2. The van der Waals surface area contributed by atoms with Crippen molar-refractivity contribution in [2.75, 3.05) is 5.32 Å². The van der Waals surface area contributed by atoms with Crippen molar-refractivity contribution in [1.29, 1.82) is 0 Å². The number of thiazole rings is 1. The Kier molecular flexibility index (Phi) is 5.04. The molecular weight excluding hydrogens is 344 g/mol. The lowest BCUT2D eigenvalue weighted by molar-refractivity contribution is -0.384. The Morgan fingerprint density at radius 3 is 2.78 bits per heavy atom. The van der Waals surface area contributed by atoms with Crippen LogP contribution in [0.15, 0.2) is 30.5 Å². The van der Waals surface area contributed by atoms with Gasteiger partial charge in [-0.2, -0.15) is 0 Å². The van der Waals surface area contributed by atoms with Crippen LogP contribution in [0.2, 0.25) is 5.02 Å². The number of amides is 2. The molecule has 2 amide bonds. The first-order valence-corrected chi connectivity index (χ1v) is 7.25. The van der Waals surface area contributed by atoms with E-state index in [2.05, 4.69) is 10.3 Å². The van der Waals surface area contributed by atoms with E-state index >= 15 is 0 Å². The molecule has 1 heterocycles. The molecule has 0 aliphatic rings. The van der Waals surface area contributed by atoms with Crippen LogP contribution in [0.3, 0.4) is 0 Å². The molecule has 0 spiro atoms. The normalized spacial score (nSPS) is 10.7. The van der Waals surface area contributed by atoms with Crippen molar-refractivity contribution in [2.45, 2.75) is 0 Å². The first-order chi connectivity index (χ1) is 10.9. The Hall–Kier alpha value is -2.78. The van der Waals surface area contributed by atoms with Gasteiger partial charge < -0.3 is 5.73 Å². The SMILES string of the molecule is NC(=O)c1cnc(NC(=O)/C=C/c2ccc(Cl)c([N+](=O)[O-])c2)s1. The average molecular weight is 353 g/mol. The van der Waals surface area contributed by atoms with Crippen molar-refractivity contribution in [1.82, 2.24) is 4.98 Å². The number of nitrogens with zero attached hydrogens (tertiary/aromatic N) is 2. The fourth-order valence-corrected chi connectivity index (χ4v) is 2.40. The van der Waals surface area contributed by atoms with E-state index in [1.807, 2.05) is 0 Å². The minimum atomic E-state index is -0.632. The molecular formula is C13H9ClN4O4S. The van der Waals surface area contributed by atoms with Gasteiger partial charge in [-0.05, 0) is 17.7 Å². The summed E-state index contributed by atoms with van der Waals surface area (Å²) in [5, 5.41) is 13.5. The third-order valence-electron chi connectivity index (χ3n) is 2.57. The number of anilines is 1. The first-order valence-electron chi connectivity index (χ1n) is 6.05. The monoisotopic (exact) mass is 352 g/mol. The Morgan fingerprint density at radius 2 is 2.17 bits per heavy atom. The zero-order chi connectivity index (χ0) is 17.0. The molecule has 0 fully saturated rings. The standard InChI is InChI=1S/C13H9ClN4O4S/c14-8-3-1-7(5-9(8)18(21)22)2-4-11(19)17-13-16-6-10(23-13)12(15)20/h1-6H,(H2,15,20)(H,16,17,19)/b4-2+. The maximum Gasteiger partial charge on any atom is 0.288 e. The van der Waals surface area contributed by atoms with Gasteiger partial charge in [0.25, 0.3) is 11.6 Å². The highest BCUT2D eigenvalue weighted by molar-refractivity contribution is 7.17.